The molecule has 0 N–H and O–H groups in total. The number of anilines is 1. The summed E-state index contributed by atoms with van der Waals surface area (Å²) < 4.78 is 6.44. The molecule has 0 radical (unpaired) electrons. The number of rotatable bonds is 5. The van der Waals surface area contributed by atoms with Gasteiger partial charge in [-0.1, -0.05) is 46.3 Å². The Morgan fingerprint density at radius 2 is 1.92 bits per heavy atom. The molecule has 3 aromatic rings. The van der Waals surface area contributed by atoms with E-state index in [1.165, 1.54) is 11.6 Å². The third-order valence-corrected chi connectivity index (χ3v) is 4.97. The third-order valence-electron chi connectivity index (χ3n) is 4.20. The van der Waals surface area contributed by atoms with Crippen molar-refractivity contribution in [3.63, 3.8) is 0 Å². The van der Waals surface area contributed by atoms with E-state index in [1.54, 1.807) is 0 Å². The van der Waals surface area contributed by atoms with Gasteiger partial charge in [0.2, 0.25) is 0 Å². The van der Waals surface area contributed by atoms with Gasteiger partial charge < -0.3 is 9.32 Å². The summed E-state index contributed by atoms with van der Waals surface area (Å²) in [7, 11) is 0. The molecule has 0 fully saturated rings. The van der Waals surface area contributed by atoms with E-state index in [9.17, 15) is 4.79 Å². The Morgan fingerprint density at radius 1 is 1.12 bits per heavy atom. The van der Waals surface area contributed by atoms with E-state index in [2.05, 4.69) is 52.0 Å². The van der Waals surface area contributed by atoms with Crippen LogP contribution in [-0.2, 0) is 6.54 Å². The highest BCUT2D eigenvalue weighted by molar-refractivity contribution is 9.10. The average molecular weight is 398 g/mol. The molecule has 0 unspecified atom stereocenters. The van der Waals surface area contributed by atoms with Gasteiger partial charge in [0, 0.05) is 40.3 Å². The molecule has 0 saturated carbocycles. The van der Waals surface area contributed by atoms with E-state index < -0.39 is 0 Å². The molecule has 0 saturated heterocycles. The first-order chi connectivity index (χ1) is 12.1. The SMILES string of the molecule is C/C=C/c1c(N(CC)Cc2ccccc2Br)ccc2oc(=O)ccc12. The van der Waals surface area contributed by atoms with Crippen LogP contribution in [0.3, 0.4) is 0 Å². The summed E-state index contributed by atoms with van der Waals surface area (Å²) in [5, 5.41) is 0.945. The Morgan fingerprint density at radius 3 is 2.64 bits per heavy atom. The van der Waals surface area contributed by atoms with Crippen molar-refractivity contribution in [2.75, 3.05) is 11.4 Å². The van der Waals surface area contributed by atoms with Gasteiger partial charge >= 0.3 is 5.63 Å². The maximum absolute atomic E-state index is 11.5. The van der Waals surface area contributed by atoms with E-state index in [4.69, 9.17) is 4.42 Å². The van der Waals surface area contributed by atoms with Crippen LogP contribution < -0.4 is 10.5 Å². The molecule has 0 amide bonds. The lowest BCUT2D eigenvalue weighted by Crippen LogP contribution is -2.23. The summed E-state index contributed by atoms with van der Waals surface area (Å²) in [5.41, 5.74) is 3.71. The van der Waals surface area contributed by atoms with Gasteiger partial charge in [0.25, 0.3) is 0 Å². The highest BCUT2D eigenvalue weighted by atomic mass is 79.9. The molecule has 0 aliphatic carbocycles. The Hall–Kier alpha value is -2.33. The standard InChI is InChI=1S/C21H20BrNO2/c1-3-7-16-17-10-13-21(24)25-20(17)12-11-19(16)23(4-2)14-15-8-5-6-9-18(15)22/h3,5-13H,4,14H2,1-2H3/b7-3+. The van der Waals surface area contributed by atoms with Crippen molar-refractivity contribution in [2.45, 2.75) is 20.4 Å². The van der Waals surface area contributed by atoms with Gasteiger partial charge in [-0.15, -0.1) is 0 Å². The fraction of sp³-hybridized carbons (Fsp3) is 0.190. The highest BCUT2D eigenvalue weighted by Crippen LogP contribution is 2.31. The number of benzene rings is 2. The molecule has 4 heteroatoms. The molecule has 1 heterocycles. The van der Waals surface area contributed by atoms with Gasteiger partial charge in [-0.05, 0) is 43.7 Å². The number of nitrogens with zero attached hydrogens (tertiary/aromatic N) is 1. The molecule has 3 nitrogen and oxygen atoms in total. The van der Waals surface area contributed by atoms with Gasteiger partial charge in [-0.25, -0.2) is 4.79 Å². The number of hydrogen-bond donors (Lipinski definition) is 0. The maximum atomic E-state index is 11.5. The summed E-state index contributed by atoms with van der Waals surface area (Å²) in [4.78, 5) is 13.8. The Bertz CT molecular complexity index is 975. The van der Waals surface area contributed by atoms with Crippen LogP contribution in [-0.4, -0.2) is 6.54 Å². The molecule has 3 rings (SSSR count). The molecule has 0 bridgehead atoms. The molecule has 0 aliphatic rings. The van der Waals surface area contributed by atoms with Crippen LogP contribution in [0.2, 0.25) is 0 Å². The molecule has 2 aromatic carbocycles. The summed E-state index contributed by atoms with van der Waals surface area (Å²) in [5.74, 6) is 0. The van der Waals surface area contributed by atoms with Crippen LogP contribution in [0.1, 0.15) is 25.0 Å². The van der Waals surface area contributed by atoms with Gasteiger partial charge in [-0.3, -0.25) is 0 Å². The van der Waals surface area contributed by atoms with Crippen molar-refractivity contribution in [1.29, 1.82) is 0 Å². The second kappa shape index (κ2) is 7.70. The first-order valence-electron chi connectivity index (χ1n) is 8.32. The Labute approximate surface area is 155 Å². The number of fused-ring (bicyclic) bond motifs is 1. The number of hydrogen-bond acceptors (Lipinski definition) is 3. The molecule has 25 heavy (non-hydrogen) atoms. The quantitative estimate of drug-likeness (QED) is 0.524. The van der Waals surface area contributed by atoms with Gasteiger partial charge in [0.05, 0.1) is 0 Å². The van der Waals surface area contributed by atoms with E-state index in [1.807, 2.05) is 37.3 Å². The lowest BCUT2D eigenvalue weighted by Gasteiger charge is -2.26. The molecule has 128 valence electrons. The third kappa shape index (κ3) is 3.69. The molecular formula is C21H20BrNO2. The average Bonchev–Trinajstić information content (AvgIpc) is 2.61. The molecular weight excluding hydrogens is 378 g/mol. The van der Waals surface area contributed by atoms with Crippen molar-refractivity contribution >= 4 is 38.7 Å². The van der Waals surface area contributed by atoms with Crippen LogP contribution in [0, 0.1) is 0 Å². The van der Waals surface area contributed by atoms with Crippen molar-refractivity contribution in [3.8, 4) is 0 Å². The number of allylic oxidation sites excluding steroid dienone is 1. The minimum atomic E-state index is -0.327. The second-order valence-corrected chi connectivity index (χ2v) is 6.62. The smallest absolute Gasteiger partial charge is 0.336 e. The molecule has 0 atom stereocenters. The summed E-state index contributed by atoms with van der Waals surface area (Å²) >= 11 is 3.63. The van der Waals surface area contributed by atoms with E-state index in [0.29, 0.717) is 5.58 Å². The van der Waals surface area contributed by atoms with Crippen molar-refractivity contribution < 1.29 is 4.42 Å². The number of halogens is 1. The summed E-state index contributed by atoms with van der Waals surface area (Å²) in [6.45, 7) is 5.80. The predicted octanol–water partition coefficient (Wildman–Crippen LogP) is 5.62. The zero-order chi connectivity index (χ0) is 17.8. The predicted molar refractivity (Wildman–Crippen MR) is 108 cm³/mol. The molecule has 0 spiro atoms. The zero-order valence-electron chi connectivity index (χ0n) is 14.3. The lowest BCUT2D eigenvalue weighted by molar-refractivity contribution is 0.561. The van der Waals surface area contributed by atoms with Crippen molar-refractivity contribution in [1.82, 2.24) is 0 Å². The highest BCUT2D eigenvalue weighted by Gasteiger charge is 2.14. The second-order valence-electron chi connectivity index (χ2n) is 5.77. The Balaban J connectivity index is 2.12. The van der Waals surface area contributed by atoms with Crippen molar-refractivity contribution in [2.24, 2.45) is 0 Å². The van der Waals surface area contributed by atoms with Gasteiger partial charge in [0.15, 0.2) is 0 Å². The van der Waals surface area contributed by atoms with Gasteiger partial charge in [-0.2, -0.15) is 0 Å². The van der Waals surface area contributed by atoms with Gasteiger partial charge in [0.1, 0.15) is 5.58 Å². The largest absolute Gasteiger partial charge is 0.423 e. The first kappa shape index (κ1) is 17.5. The van der Waals surface area contributed by atoms with E-state index in [0.717, 1.165) is 34.2 Å². The monoisotopic (exact) mass is 397 g/mol. The molecule has 1 aromatic heterocycles. The normalized spacial score (nSPS) is 11.3. The summed E-state index contributed by atoms with van der Waals surface area (Å²) in [6, 6.07) is 15.5. The lowest BCUT2D eigenvalue weighted by atomic mass is 10.0. The van der Waals surface area contributed by atoms with Crippen LogP contribution in [0.4, 0.5) is 5.69 Å². The van der Waals surface area contributed by atoms with E-state index in [-0.39, 0.29) is 5.63 Å². The fourth-order valence-electron chi connectivity index (χ4n) is 2.98. The minimum Gasteiger partial charge on any atom is -0.423 e. The minimum absolute atomic E-state index is 0.327. The summed E-state index contributed by atoms with van der Waals surface area (Å²) in [6.07, 6.45) is 4.08. The fourth-order valence-corrected chi connectivity index (χ4v) is 3.39. The van der Waals surface area contributed by atoms with Crippen LogP contribution in [0.25, 0.3) is 17.0 Å². The topological polar surface area (TPSA) is 33.5 Å². The van der Waals surface area contributed by atoms with E-state index >= 15 is 0 Å². The Kier molecular flexibility index (Phi) is 5.39. The van der Waals surface area contributed by atoms with Crippen LogP contribution >= 0.6 is 15.9 Å². The van der Waals surface area contributed by atoms with Crippen LogP contribution in [0.5, 0.6) is 0 Å². The maximum Gasteiger partial charge on any atom is 0.336 e. The molecule has 0 aliphatic heterocycles. The first-order valence-corrected chi connectivity index (χ1v) is 9.11. The zero-order valence-corrected chi connectivity index (χ0v) is 15.9. The van der Waals surface area contributed by atoms with Crippen LogP contribution in [0.15, 0.2) is 68.3 Å². The van der Waals surface area contributed by atoms with Crippen molar-refractivity contribution in [3.05, 3.63) is 80.6 Å².